The Bertz CT molecular complexity index is 407. The Balaban J connectivity index is 2.58. The summed E-state index contributed by atoms with van der Waals surface area (Å²) in [7, 11) is 0. The van der Waals surface area contributed by atoms with Gasteiger partial charge in [0.1, 0.15) is 0 Å². The minimum absolute atomic E-state index is 0.316. The van der Waals surface area contributed by atoms with Crippen LogP contribution in [0.2, 0.25) is 0 Å². The number of allylic oxidation sites excluding steroid dienone is 4. The maximum absolute atomic E-state index is 2.38. The second kappa shape index (κ2) is 7.99. The van der Waals surface area contributed by atoms with Gasteiger partial charge in [0.05, 0.1) is 0 Å². The van der Waals surface area contributed by atoms with Crippen molar-refractivity contribution < 1.29 is 0 Å². The van der Waals surface area contributed by atoms with E-state index in [1.165, 1.54) is 30.4 Å². The van der Waals surface area contributed by atoms with E-state index < -0.39 is 0 Å². The highest BCUT2D eigenvalue weighted by Crippen LogP contribution is 2.31. The van der Waals surface area contributed by atoms with Gasteiger partial charge in [-0.15, -0.1) is 0 Å². The Hall–Kier alpha value is -1.30. The van der Waals surface area contributed by atoms with Crippen LogP contribution in [0.15, 0.2) is 54.1 Å². The summed E-state index contributed by atoms with van der Waals surface area (Å²) in [6, 6.07) is 10.8. The van der Waals surface area contributed by atoms with Crippen LogP contribution < -0.4 is 0 Å². The Morgan fingerprint density at radius 2 is 1.79 bits per heavy atom. The lowest BCUT2D eigenvalue weighted by molar-refractivity contribution is 0.363. The molecule has 104 valence electrons. The van der Waals surface area contributed by atoms with Crippen molar-refractivity contribution in [3.05, 3.63) is 59.7 Å². The first-order chi connectivity index (χ1) is 9.06. The molecule has 0 saturated carbocycles. The summed E-state index contributed by atoms with van der Waals surface area (Å²) >= 11 is 0. The van der Waals surface area contributed by atoms with E-state index in [0.717, 1.165) is 6.42 Å². The van der Waals surface area contributed by atoms with E-state index in [1.807, 2.05) is 0 Å². The Labute approximate surface area is 119 Å². The molecule has 1 aromatic carbocycles. The van der Waals surface area contributed by atoms with E-state index in [2.05, 4.69) is 76.3 Å². The smallest absolute Gasteiger partial charge is 0.0141 e. The van der Waals surface area contributed by atoms with Gasteiger partial charge in [-0.25, -0.2) is 0 Å². The van der Waals surface area contributed by atoms with Gasteiger partial charge in [0.15, 0.2) is 0 Å². The average Bonchev–Trinajstić information content (AvgIpc) is 2.38. The third kappa shape index (κ3) is 6.42. The molecule has 19 heavy (non-hydrogen) atoms. The van der Waals surface area contributed by atoms with E-state index in [9.17, 15) is 0 Å². The number of aryl methyl sites for hydroxylation is 1. The molecule has 0 unspecified atom stereocenters. The molecule has 0 saturated heterocycles. The van der Waals surface area contributed by atoms with Crippen molar-refractivity contribution in [1.29, 1.82) is 0 Å². The number of rotatable bonds is 7. The fourth-order valence-electron chi connectivity index (χ4n) is 2.46. The topological polar surface area (TPSA) is 0 Å². The Morgan fingerprint density at radius 3 is 2.37 bits per heavy atom. The summed E-state index contributed by atoms with van der Waals surface area (Å²) in [6.07, 6.45) is 11.7. The van der Waals surface area contributed by atoms with Crippen LogP contribution in [0, 0.1) is 5.41 Å². The highest BCUT2D eigenvalue weighted by atomic mass is 14.2. The molecule has 0 heteroatoms. The van der Waals surface area contributed by atoms with Gasteiger partial charge in [-0.3, -0.25) is 0 Å². The predicted octanol–water partition coefficient (Wildman–Crippen LogP) is 5.95. The third-order valence-corrected chi connectivity index (χ3v) is 3.66. The zero-order valence-electron chi connectivity index (χ0n) is 12.9. The molecule has 1 rings (SSSR count). The third-order valence-electron chi connectivity index (χ3n) is 3.66. The first kappa shape index (κ1) is 15.8. The van der Waals surface area contributed by atoms with Crippen LogP contribution in [0.3, 0.4) is 0 Å². The van der Waals surface area contributed by atoms with Crippen LogP contribution in [-0.4, -0.2) is 0 Å². The maximum atomic E-state index is 2.38. The highest BCUT2D eigenvalue weighted by molar-refractivity contribution is 5.15. The SMILES string of the molecule is C/C=C/[C@@](C)(CCC=C(C)C)CCc1ccccc1. The monoisotopic (exact) mass is 256 g/mol. The molecule has 1 atom stereocenters. The average molecular weight is 256 g/mol. The van der Waals surface area contributed by atoms with Gasteiger partial charge in [0, 0.05) is 0 Å². The lowest BCUT2D eigenvalue weighted by atomic mass is 9.79. The maximum Gasteiger partial charge on any atom is -0.0141 e. The van der Waals surface area contributed by atoms with Gasteiger partial charge < -0.3 is 0 Å². The standard InChI is InChI=1S/C19H28/c1-5-14-19(4,15-9-10-17(2)3)16-13-18-11-7-6-8-12-18/h5-8,10-12,14H,9,13,15-16H2,1-4H3/b14-5+/t19-/m0/s1. The number of hydrogen-bond donors (Lipinski definition) is 0. The van der Waals surface area contributed by atoms with E-state index >= 15 is 0 Å². The Morgan fingerprint density at radius 1 is 1.11 bits per heavy atom. The highest BCUT2D eigenvalue weighted by Gasteiger charge is 2.19. The van der Waals surface area contributed by atoms with Crippen LogP contribution in [0.1, 0.15) is 52.5 Å². The first-order valence-corrected chi connectivity index (χ1v) is 7.37. The van der Waals surface area contributed by atoms with E-state index in [0.29, 0.717) is 5.41 Å². The molecule has 0 nitrogen and oxygen atoms in total. The fourth-order valence-corrected chi connectivity index (χ4v) is 2.46. The van der Waals surface area contributed by atoms with E-state index in [4.69, 9.17) is 0 Å². The minimum Gasteiger partial charge on any atom is -0.0911 e. The summed E-state index contributed by atoms with van der Waals surface area (Å²) < 4.78 is 0. The van der Waals surface area contributed by atoms with Gasteiger partial charge in [0.2, 0.25) is 0 Å². The summed E-state index contributed by atoms with van der Waals surface area (Å²) in [4.78, 5) is 0. The molecule has 0 aliphatic heterocycles. The quantitative estimate of drug-likeness (QED) is 0.529. The molecular weight excluding hydrogens is 228 g/mol. The molecular formula is C19H28. The molecule has 0 N–H and O–H groups in total. The zero-order valence-corrected chi connectivity index (χ0v) is 12.9. The summed E-state index contributed by atoms with van der Waals surface area (Å²) in [6.45, 7) is 8.87. The van der Waals surface area contributed by atoms with Gasteiger partial charge in [0.25, 0.3) is 0 Å². The van der Waals surface area contributed by atoms with Crippen LogP contribution in [0.5, 0.6) is 0 Å². The molecule has 0 aromatic heterocycles. The summed E-state index contributed by atoms with van der Waals surface area (Å²) in [5.74, 6) is 0. The van der Waals surface area contributed by atoms with Gasteiger partial charge in [-0.05, 0) is 57.4 Å². The molecule has 0 radical (unpaired) electrons. The lowest BCUT2D eigenvalue weighted by Crippen LogP contribution is -2.14. The molecule has 0 spiro atoms. The van der Waals surface area contributed by atoms with Crippen molar-refractivity contribution in [2.24, 2.45) is 5.41 Å². The van der Waals surface area contributed by atoms with Crippen molar-refractivity contribution in [2.75, 3.05) is 0 Å². The largest absolute Gasteiger partial charge is 0.0911 e. The van der Waals surface area contributed by atoms with E-state index in [-0.39, 0.29) is 0 Å². The van der Waals surface area contributed by atoms with Crippen LogP contribution in [0.4, 0.5) is 0 Å². The van der Waals surface area contributed by atoms with Crippen molar-refractivity contribution in [3.63, 3.8) is 0 Å². The first-order valence-electron chi connectivity index (χ1n) is 7.37. The second-order valence-electron chi connectivity index (χ2n) is 5.96. The minimum atomic E-state index is 0.316. The second-order valence-corrected chi connectivity index (χ2v) is 5.96. The van der Waals surface area contributed by atoms with Gasteiger partial charge >= 0.3 is 0 Å². The molecule has 0 aliphatic carbocycles. The van der Waals surface area contributed by atoms with Crippen LogP contribution in [-0.2, 0) is 6.42 Å². The molecule has 0 heterocycles. The van der Waals surface area contributed by atoms with Gasteiger partial charge in [-0.2, -0.15) is 0 Å². The number of benzene rings is 1. The number of hydrogen-bond acceptors (Lipinski definition) is 0. The molecule has 0 amide bonds. The van der Waals surface area contributed by atoms with Crippen molar-refractivity contribution in [3.8, 4) is 0 Å². The van der Waals surface area contributed by atoms with Crippen LogP contribution in [0.25, 0.3) is 0 Å². The fraction of sp³-hybridized carbons (Fsp3) is 0.474. The molecule has 0 fully saturated rings. The zero-order chi connectivity index (χ0) is 14.1. The van der Waals surface area contributed by atoms with Gasteiger partial charge in [-0.1, -0.05) is 61.1 Å². The normalized spacial score (nSPS) is 14.3. The lowest BCUT2D eigenvalue weighted by Gasteiger charge is -2.26. The van der Waals surface area contributed by atoms with Crippen molar-refractivity contribution in [2.45, 2.75) is 53.4 Å². The summed E-state index contributed by atoms with van der Waals surface area (Å²) in [5.41, 5.74) is 3.18. The predicted molar refractivity (Wildman–Crippen MR) is 86.3 cm³/mol. The van der Waals surface area contributed by atoms with Crippen molar-refractivity contribution in [1.82, 2.24) is 0 Å². The van der Waals surface area contributed by atoms with Crippen molar-refractivity contribution >= 4 is 0 Å². The molecule has 0 aliphatic rings. The molecule has 0 bridgehead atoms. The van der Waals surface area contributed by atoms with Crippen LogP contribution >= 0.6 is 0 Å². The van der Waals surface area contributed by atoms with E-state index in [1.54, 1.807) is 0 Å². The molecule has 1 aromatic rings. The Kier molecular flexibility index (Phi) is 6.62. The summed E-state index contributed by atoms with van der Waals surface area (Å²) in [5, 5.41) is 0.